The van der Waals surface area contributed by atoms with Crippen molar-refractivity contribution in [2.75, 3.05) is 39.6 Å². The molecule has 0 aliphatic carbocycles. The minimum Gasteiger partial charge on any atom is -0.462 e. The third-order valence-electron chi connectivity index (χ3n) is 17.5. The Bertz CT molecular complexity index is 2130. The lowest BCUT2D eigenvalue weighted by Gasteiger charge is -2.21. The van der Waals surface area contributed by atoms with Crippen LogP contribution in [0.15, 0.2) is 60.8 Å². The van der Waals surface area contributed by atoms with E-state index < -0.39 is 97.5 Å². The lowest BCUT2D eigenvalue weighted by atomic mass is 10.0. The molecular formula is C81H148O17P2. The van der Waals surface area contributed by atoms with Gasteiger partial charge in [-0.1, -0.05) is 320 Å². The Morgan fingerprint density at radius 3 is 0.810 bits per heavy atom. The largest absolute Gasteiger partial charge is 0.472 e. The van der Waals surface area contributed by atoms with Crippen molar-refractivity contribution in [2.45, 2.75) is 393 Å². The third kappa shape index (κ3) is 73.1. The van der Waals surface area contributed by atoms with Crippen molar-refractivity contribution in [2.24, 2.45) is 0 Å². The minimum atomic E-state index is -4.97. The van der Waals surface area contributed by atoms with Crippen LogP contribution in [0.2, 0.25) is 0 Å². The van der Waals surface area contributed by atoms with Crippen LogP contribution >= 0.6 is 15.6 Å². The average molecular weight is 1460 g/mol. The van der Waals surface area contributed by atoms with Gasteiger partial charge < -0.3 is 33.8 Å². The van der Waals surface area contributed by atoms with Gasteiger partial charge in [-0.2, -0.15) is 0 Å². The van der Waals surface area contributed by atoms with E-state index in [9.17, 15) is 43.2 Å². The maximum absolute atomic E-state index is 13.1. The number of phosphoric acid groups is 2. The second-order valence-electron chi connectivity index (χ2n) is 27.3. The molecule has 0 aromatic rings. The van der Waals surface area contributed by atoms with Crippen molar-refractivity contribution in [1.29, 1.82) is 0 Å². The van der Waals surface area contributed by atoms with Crippen molar-refractivity contribution in [3.63, 3.8) is 0 Å². The van der Waals surface area contributed by atoms with Gasteiger partial charge in [-0.25, -0.2) is 9.13 Å². The molecule has 0 bridgehead atoms. The molecule has 0 saturated carbocycles. The molecule has 0 aliphatic heterocycles. The summed E-state index contributed by atoms with van der Waals surface area (Å²) in [4.78, 5) is 73.0. The van der Waals surface area contributed by atoms with Gasteiger partial charge in [0, 0.05) is 25.7 Å². The number of carbonyl (C=O) groups is 4. The molecule has 0 aliphatic rings. The first-order valence-corrected chi connectivity index (χ1v) is 43.5. The van der Waals surface area contributed by atoms with Gasteiger partial charge >= 0.3 is 39.5 Å². The van der Waals surface area contributed by atoms with Crippen LogP contribution in [-0.2, 0) is 65.4 Å². The van der Waals surface area contributed by atoms with E-state index in [-0.39, 0.29) is 25.7 Å². The highest BCUT2D eigenvalue weighted by molar-refractivity contribution is 7.47. The second kappa shape index (κ2) is 74.0. The van der Waals surface area contributed by atoms with E-state index in [4.69, 9.17) is 37.0 Å². The monoisotopic (exact) mass is 1460 g/mol. The van der Waals surface area contributed by atoms with Crippen LogP contribution in [0.4, 0.5) is 0 Å². The van der Waals surface area contributed by atoms with Gasteiger partial charge in [0.2, 0.25) is 0 Å². The number of esters is 4. The lowest BCUT2D eigenvalue weighted by Crippen LogP contribution is -2.30. The van der Waals surface area contributed by atoms with Crippen LogP contribution < -0.4 is 0 Å². The van der Waals surface area contributed by atoms with Gasteiger partial charge in [0.15, 0.2) is 12.2 Å². The summed E-state index contributed by atoms with van der Waals surface area (Å²) < 4.78 is 68.6. The summed E-state index contributed by atoms with van der Waals surface area (Å²) in [6.07, 6.45) is 73.3. The van der Waals surface area contributed by atoms with Crippen molar-refractivity contribution >= 4 is 39.5 Å². The summed E-state index contributed by atoms with van der Waals surface area (Å²) in [6.45, 7) is 4.80. The number of aliphatic hydroxyl groups excluding tert-OH is 1. The molecule has 584 valence electrons. The van der Waals surface area contributed by atoms with E-state index in [0.29, 0.717) is 25.7 Å². The first kappa shape index (κ1) is 96.8. The Morgan fingerprint density at radius 1 is 0.290 bits per heavy atom. The number of ether oxygens (including phenoxy) is 4. The molecule has 0 spiro atoms. The zero-order chi connectivity index (χ0) is 73.2. The number of allylic oxidation sites excluding steroid dienone is 10. The van der Waals surface area contributed by atoms with E-state index in [1.807, 2.05) is 0 Å². The first-order chi connectivity index (χ1) is 48.7. The van der Waals surface area contributed by atoms with Gasteiger partial charge in [-0.15, -0.1) is 0 Å². The van der Waals surface area contributed by atoms with Crippen molar-refractivity contribution in [3.8, 4) is 0 Å². The molecule has 5 unspecified atom stereocenters. The normalized spacial score (nSPS) is 14.2. The topological polar surface area (TPSA) is 237 Å². The van der Waals surface area contributed by atoms with Crippen molar-refractivity contribution < 1.29 is 80.2 Å². The van der Waals surface area contributed by atoms with Crippen LogP contribution in [0, 0.1) is 0 Å². The molecule has 17 nitrogen and oxygen atoms in total. The molecule has 0 heterocycles. The third-order valence-corrected chi connectivity index (χ3v) is 19.4. The molecule has 0 saturated heterocycles. The van der Waals surface area contributed by atoms with E-state index in [0.717, 1.165) is 141 Å². The van der Waals surface area contributed by atoms with Crippen LogP contribution in [0.1, 0.15) is 374 Å². The van der Waals surface area contributed by atoms with Gasteiger partial charge in [0.05, 0.1) is 26.4 Å². The zero-order valence-electron chi connectivity index (χ0n) is 63.9. The summed E-state index contributed by atoms with van der Waals surface area (Å²) in [5.41, 5.74) is 0. The molecule has 5 atom stereocenters. The molecule has 0 amide bonds. The number of hydrogen-bond donors (Lipinski definition) is 3. The zero-order valence-corrected chi connectivity index (χ0v) is 65.7. The molecule has 19 heteroatoms. The fraction of sp³-hybridized carbons (Fsp3) is 0.827. The maximum atomic E-state index is 13.1. The SMILES string of the molecule is CC/C=C\C/C=C\C/C=C\C/C=C\CCCCCCC(=O)OCC(COP(=O)(O)OCC(O)COP(=O)(O)OCC(COC(=O)CCCCCCC/C=C\CCCCCCCC)OC(=O)CCCCCCCCCCCCCCCCC)OC(=O)CCCCCCCCCCCCCCC. The number of aliphatic hydroxyl groups is 1. The standard InChI is InChI=1S/C81H148O17P2/c1-5-9-13-17-21-25-29-33-36-37-40-43-46-50-54-58-62-66-79(84)92-71-76(97-80(85)67-63-59-55-51-47-41-32-28-24-20-16-12-8-4)73-95-99(87,88)93-69-75(82)70-94-100(89,90)96-74-77(98-81(86)68-64-60-56-52-48-44-39-35-31-27-23-19-15-11-7-3)72-91-78(83)65-61-57-53-49-45-42-38-34-30-26-22-18-14-10-6-2/h9,13,21,25,33-34,36,38,40,43,75-77,82H,5-8,10-12,14-20,22-24,26-32,35,37,39,41-42,44-74H2,1-4H3,(H,87,88)(H,89,90)/b13-9-,25-21-,36-33-,38-34-,43-40-. The smallest absolute Gasteiger partial charge is 0.462 e. The summed E-state index contributed by atoms with van der Waals surface area (Å²) in [6, 6.07) is 0. The summed E-state index contributed by atoms with van der Waals surface area (Å²) in [5.74, 6) is -2.17. The summed E-state index contributed by atoms with van der Waals surface area (Å²) >= 11 is 0. The van der Waals surface area contributed by atoms with Gasteiger partial charge in [-0.3, -0.25) is 37.3 Å². The molecule has 0 rings (SSSR count). The molecule has 0 aromatic carbocycles. The van der Waals surface area contributed by atoms with Crippen molar-refractivity contribution in [3.05, 3.63) is 60.8 Å². The van der Waals surface area contributed by atoms with Gasteiger partial charge in [0.25, 0.3) is 0 Å². The van der Waals surface area contributed by atoms with Crippen LogP contribution in [0.5, 0.6) is 0 Å². The summed E-state index contributed by atoms with van der Waals surface area (Å²) in [7, 11) is -9.94. The second-order valence-corrected chi connectivity index (χ2v) is 30.3. The van der Waals surface area contributed by atoms with E-state index in [1.165, 1.54) is 154 Å². The van der Waals surface area contributed by atoms with E-state index in [1.54, 1.807) is 0 Å². The number of rotatable bonds is 77. The Hall–Kier alpha value is -3.24. The van der Waals surface area contributed by atoms with Crippen molar-refractivity contribution in [1.82, 2.24) is 0 Å². The predicted octanol–water partition coefficient (Wildman–Crippen LogP) is 23.5. The Labute approximate surface area is 610 Å². The molecule has 0 radical (unpaired) electrons. The Balaban J connectivity index is 5.33. The van der Waals surface area contributed by atoms with Crippen LogP contribution in [0.3, 0.4) is 0 Å². The molecule has 0 aromatic heterocycles. The van der Waals surface area contributed by atoms with Gasteiger partial charge in [-0.05, 0) is 89.9 Å². The fourth-order valence-corrected chi connectivity index (χ4v) is 12.9. The number of phosphoric ester groups is 2. The van der Waals surface area contributed by atoms with Crippen LogP contribution in [0.25, 0.3) is 0 Å². The summed E-state index contributed by atoms with van der Waals surface area (Å²) in [5, 5.41) is 10.6. The fourth-order valence-electron chi connectivity index (χ4n) is 11.3. The van der Waals surface area contributed by atoms with Gasteiger partial charge in [0.1, 0.15) is 19.3 Å². The maximum Gasteiger partial charge on any atom is 0.472 e. The lowest BCUT2D eigenvalue weighted by molar-refractivity contribution is -0.161. The minimum absolute atomic E-state index is 0.0954. The molecular weight excluding hydrogens is 1310 g/mol. The molecule has 100 heavy (non-hydrogen) atoms. The highest BCUT2D eigenvalue weighted by Crippen LogP contribution is 2.45. The predicted molar refractivity (Wildman–Crippen MR) is 409 cm³/mol. The Morgan fingerprint density at radius 2 is 0.520 bits per heavy atom. The quantitative estimate of drug-likeness (QED) is 0.0169. The molecule has 3 N–H and O–H groups in total. The molecule has 0 fully saturated rings. The average Bonchev–Trinajstić information content (AvgIpc) is 0.965. The number of unbranched alkanes of at least 4 members (excludes halogenated alkanes) is 41. The van der Waals surface area contributed by atoms with E-state index >= 15 is 0 Å². The van der Waals surface area contributed by atoms with Crippen LogP contribution in [-0.4, -0.2) is 96.7 Å². The Kier molecular flexibility index (Phi) is 71.6. The number of hydrogen-bond acceptors (Lipinski definition) is 15. The first-order valence-electron chi connectivity index (χ1n) is 40.5. The highest BCUT2D eigenvalue weighted by atomic mass is 31.2. The van der Waals surface area contributed by atoms with E-state index in [2.05, 4.69) is 88.5 Å². The highest BCUT2D eigenvalue weighted by Gasteiger charge is 2.30. The number of carbonyl (C=O) groups excluding carboxylic acids is 4.